The number of nitrogens with zero attached hydrogens (tertiary/aromatic N) is 4. The third-order valence-electron chi connectivity index (χ3n) is 5.20. The summed E-state index contributed by atoms with van der Waals surface area (Å²) in [7, 11) is 3.39. The summed E-state index contributed by atoms with van der Waals surface area (Å²) in [6.45, 7) is 1.98. The lowest BCUT2D eigenvalue weighted by Crippen LogP contribution is -2.26. The van der Waals surface area contributed by atoms with Crippen LogP contribution in [0.4, 0.5) is 11.6 Å². The predicted octanol–water partition coefficient (Wildman–Crippen LogP) is 2.25. The standard InChI is InChI=1S/C21H22N6O2/c1-11-4-5-23-9-15(11)17-6-12-7-18(24-10-16(12)19(22)25-17)26-20(28)13-8-14(13)21(29)27(2)3/h4-7,9-10,13-14H,8H2,1-3H3,(H2,22,25)(H,24,26,28)/t13-,14-/m0/s1. The van der Waals surface area contributed by atoms with Crippen LogP contribution in [0, 0.1) is 18.8 Å². The van der Waals surface area contributed by atoms with Crippen molar-refractivity contribution >= 4 is 34.2 Å². The van der Waals surface area contributed by atoms with Crippen LogP contribution in [0.15, 0.2) is 36.8 Å². The third-order valence-corrected chi connectivity index (χ3v) is 5.20. The van der Waals surface area contributed by atoms with Crippen molar-refractivity contribution in [3.05, 3.63) is 42.4 Å². The molecule has 3 aromatic heterocycles. The van der Waals surface area contributed by atoms with E-state index in [-0.39, 0.29) is 23.7 Å². The van der Waals surface area contributed by atoms with Crippen molar-refractivity contribution in [1.82, 2.24) is 19.9 Å². The van der Waals surface area contributed by atoms with Crippen LogP contribution in [0.3, 0.4) is 0 Å². The average Bonchev–Trinajstić information content (AvgIpc) is 3.48. The van der Waals surface area contributed by atoms with Crippen LogP contribution in [-0.2, 0) is 9.59 Å². The molecular weight excluding hydrogens is 368 g/mol. The lowest BCUT2D eigenvalue weighted by atomic mass is 10.1. The Kier molecular flexibility index (Phi) is 4.62. The molecule has 0 spiro atoms. The van der Waals surface area contributed by atoms with Gasteiger partial charge in [0.15, 0.2) is 0 Å². The summed E-state index contributed by atoms with van der Waals surface area (Å²) in [6.07, 6.45) is 5.65. The number of anilines is 2. The molecule has 0 aliphatic heterocycles. The number of hydrogen-bond acceptors (Lipinski definition) is 6. The number of rotatable bonds is 4. The molecule has 0 saturated heterocycles. The second-order valence-corrected chi connectivity index (χ2v) is 7.54. The number of nitrogen functional groups attached to an aromatic ring is 1. The van der Waals surface area contributed by atoms with E-state index in [9.17, 15) is 9.59 Å². The van der Waals surface area contributed by atoms with Gasteiger partial charge in [-0.2, -0.15) is 0 Å². The van der Waals surface area contributed by atoms with Gasteiger partial charge in [-0.25, -0.2) is 9.97 Å². The fraction of sp³-hybridized carbons (Fsp3) is 0.286. The molecular formula is C21H22N6O2. The second-order valence-electron chi connectivity index (χ2n) is 7.54. The summed E-state index contributed by atoms with van der Waals surface area (Å²) >= 11 is 0. The van der Waals surface area contributed by atoms with Crippen molar-refractivity contribution in [2.75, 3.05) is 25.1 Å². The highest BCUT2D eigenvalue weighted by molar-refractivity contribution is 6.01. The number of pyridine rings is 3. The molecule has 148 valence electrons. The van der Waals surface area contributed by atoms with E-state index < -0.39 is 0 Å². The number of nitrogens with one attached hydrogen (secondary N) is 1. The molecule has 8 nitrogen and oxygen atoms in total. The quantitative estimate of drug-likeness (QED) is 0.706. The highest BCUT2D eigenvalue weighted by Crippen LogP contribution is 2.40. The lowest BCUT2D eigenvalue weighted by Gasteiger charge is -2.11. The van der Waals surface area contributed by atoms with E-state index in [1.54, 1.807) is 38.8 Å². The Morgan fingerprint density at radius 2 is 2.00 bits per heavy atom. The minimum Gasteiger partial charge on any atom is -0.383 e. The Balaban J connectivity index is 1.60. The molecule has 0 unspecified atom stereocenters. The number of hydrogen-bond donors (Lipinski definition) is 2. The van der Waals surface area contributed by atoms with Crippen LogP contribution in [0.25, 0.3) is 22.0 Å². The smallest absolute Gasteiger partial charge is 0.229 e. The molecule has 3 heterocycles. The van der Waals surface area contributed by atoms with Gasteiger partial charge < -0.3 is 16.0 Å². The fourth-order valence-electron chi connectivity index (χ4n) is 3.42. The topological polar surface area (TPSA) is 114 Å². The summed E-state index contributed by atoms with van der Waals surface area (Å²) in [5, 5.41) is 4.34. The largest absolute Gasteiger partial charge is 0.383 e. The maximum absolute atomic E-state index is 12.5. The number of carbonyl (C=O) groups is 2. The van der Waals surface area contributed by atoms with E-state index in [2.05, 4.69) is 20.3 Å². The van der Waals surface area contributed by atoms with Crippen LogP contribution in [0.2, 0.25) is 0 Å². The molecule has 1 aliphatic carbocycles. The van der Waals surface area contributed by atoms with Gasteiger partial charge in [0.25, 0.3) is 0 Å². The molecule has 2 atom stereocenters. The monoisotopic (exact) mass is 390 g/mol. The Morgan fingerprint density at radius 3 is 2.72 bits per heavy atom. The van der Waals surface area contributed by atoms with E-state index >= 15 is 0 Å². The van der Waals surface area contributed by atoms with Gasteiger partial charge in [0.05, 0.1) is 17.5 Å². The molecule has 3 N–H and O–H groups in total. The number of aryl methyl sites for hydroxylation is 1. The van der Waals surface area contributed by atoms with Gasteiger partial charge in [-0.15, -0.1) is 0 Å². The van der Waals surface area contributed by atoms with Crippen molar-refractivity contribution in [2.45, 2.75) is 13.3 Å². The summed E-state index contributed by atoms with van der Waals surface area (Å²) < 4.78 is 0. The number of carbonyl (C=O) groups excluding carboxylic acids is 2. The van der Waals surface area contributed by atoms with Crippen LogP contribution >= 0.6 is 0 Å². The first-order chi connectivity index (χ1) is 13.8. The first-order valence-corrected chi connectivity index (χ1v) is 9.34. The fourth-order valence-corrected chi connectivity index (χ4v) is 3.42. The van der Waals surface area contributed by atoms with Gasteiger partial charge in [-0.3, -0.25) is 14.6 Å². The third kappa shape index (κ3) is 3.61. The maximum Gasteiger partial charge on any atom is 0.229 e. The minimum absolute atomic E-state index is 0.0213. The van der Waals surface area contributed by atoms with Crippen molar-refractivity contribution in [3.63, 3.8) is 0 Å². The second kappa shape index (κ2) is 7.12. The minimum atomic E-state index is -0.307. The van der Waals surface area contributed by atoms with Crippen LogP contribution < -0.4 is 11.1 Å². The molecule has 0 bridgehead atoms. The Bertz CT molecular complexity index is 1130. The molecule has 3 aromatic rings. The highest BCUT2D eigenvalue weighted by Gasteiger charge is 2.48. The molecule has 4 rings (SSSR count). The van der Waals surface area contributed by atoms with Gasteiger partial charge >= 0.3 is 0 Å². The summed E-state index contributed by atoms with van der Waals surface area (Å²) in [4.78, 5) is 38.9. The first-order valence-electron chi connectivity index (χ1n) is 9.34. The van der Waals surface area contributed by atoms with E-state index in [0.717, 1.165) is 16.5 Å². The number of amides is 2. The molecule has 1 saturated carbocycles. The van der Waals surface area contributed by atoms with Crippen molar-refractivity contribution in [3.8, 4) is 11.3 Å². The zero-order valence-electron chi connectivity index (χ0n) is 16.5. The molecule has 8 heteroatoms. The Hall–Kier alpha value is -3.55. The van der Waals surface area contributed by atoms with E-state index in [1.807, 2.05) is 19.1 Å². The molecule has 2 amide bonds. The normalized spacial score (nSPS) is 17.8. The van der Waals surface area contributed by atoms with Gasteiger partial charge in [-0.1, -0.05) is 0 Å². The molecule has 1 aliphatic rings. The van der Waals surface area contributed by atoms with Gasteiger partial charge in [0.1, 0.15) is 11.6 Å². The first kappa shape index (κ1) is 18.8. The molecule has 0 radical (unpaired) electrons. The van der Waals surface area contributed by atoms with Crippen LogP contribution in [-0.4, -0.2) is 45.8 Å². The SMILES string of the molecule is Cc1ccncc1-c1cc2cc(NC(=O)[C@H]3C[C@@H]3C(=O)N(C)C)ncc2c(N)n1. The highest BCUT2D eigenvalue weighted by atomic mass is 16.2. The number of fused-ring (bicyclic) bond motifs is 1. The Morgan fingerprint density at radius 1 is 1.21 bits per heavy atom. The van der Waals surface area contributed by atoms with E-state index in [1.165, 1.54) is 4.90 Å². The number of aromatic nitrogens is 3. The summed E-state index contributed by atoms with van der Waals surface area (Å²) in [5.74, 6) is 0.0215. The van der Waals surface area contributed by atoms with E-state index in [4.69, 9.17) is 5.73 Å². The average molecular weight is 390 g/mol. The lowest BCUT2D eigenvalue weighted by molar-refractivity contribution is -0.131. The van der Waals surface area contributed by atoms with Crippen molar-refractivity contribution < 1.29 is 9.59 Å². The van der Waals surface area contributed by atoms with Gasteiger partial charge in [0, 0.05) is 43.6 Å². The van der Waals surface area contributed by atoms with Crippen LogP contribution in [0.5, 0.6) is 0 Å². The Labute approximate surface area is 168 Å². The molecule has 0 aromatic carbocycles. The van der Waals surface area contributed by atoms with E-state index in [0.29, 0.717) is 29.1 Å². The maximum atomic E-state index is 12.5. The zero-order valence-corrected chi connectivity index (χ0v) is 16.5. The van der Waals surface area contributed by atoms with Crippen molar-refractivity contribution in [1.29, 1.82) is 0 Å². The van der Waals surface area contributed by atoms with Gasteiger partial charge in [-0.05, 0) is 42.5 Å². The van der Waals surface area contributed by atoms with Gasteiger partial charge in [0.2, 0.25) is 11.8 Å². The van der Waals surface area contributed by atoms with Crippen LogP contribution in [0.1, 0.15) is 12.0 Å². The molecule has 29 heavy (non-hydrogen) atoms. The molecule has 1 fully saturated rings. The number of nitrogens with two attached hydrogens (primary N) is 1. The zero-order chi connectivity index (χ0) is 20.7. The van der Waals surface area contributed by atoms with Crippen molar-refractivity contribution in [2.24, 2.45) is 11.8 Å². The summed E-state index contributed by atoms with van der Waals surface area (Å²) in [6, 6.07) is 5.59. The summed E-state index contributed by atoms with van der Waals surface area (Å²) in [5.41, 5.74) is 8.78. The predicted molar refractivity (Wildman–Crippen MR) is 111 cm³/mol.